The van der Waals surface area contributed by atoms with Gasteiger partial charge in [-0.3, -0.25) is 0 Å². The molecule has 2 aliphatic rings. The summed E-state index contributed by atoms with van der Waals surface area (Å²) in [6.07, 6.45) is 1.43. The Labute approximate surface area is 148 Å². The van der Waals surface area contributed by atoms with Gasteiger partial charge in [0.1, 0.15) is 0 Å². The zero-order valence-corrected chi connectivity index (χ0v) is 15.3. The second-order valence-electron chi connectivity index (χ2n) is 6.83. The number of fused-ring (bicyclic) bond motifs is 1. The predicted molar refractivity (Wildman–Crippen MR) is 94.0 cm³/mol. The lowest BCUT2D eigenvalue weighted by atomic mass is 9.98. The largest absolute Gasteiger partial charge is 0.465 e. The number of hydrogen-bond acceptors (Lipinski definition) is 4. The Morgan fingerprint density at radius 1 is 1.36 bits per heavy atom. The van der Waals surface area contributed by atoms with Crippen LogP contribution in [0.15, 0.2) is 23.1 Å². The maximum atomic E-state index is 13.1. The highest BCUT2D eigenvalue weighted by atomic mass is 32.2. The third kappa shape index (κ3) is 3.80. The first-order chi connectivity index (χ1) is 11.9. The number of hydrogen-bond donors (Lipinski definition) is 2. The molecule has 1 fully saturated rings. The molecule has 3 rings (SSSR count). The van der Waals surface area contributed by atoms with Gasteiger partial charge >= 0.3 is 6.09 Å². The van der Waals surface area contributed by atoms with E-state index in [-0.39, 0.29) is 6.54 Å². The van der Waals surface area contributed by atoms with Crippen LogP contribution < -0.4 is 5.32 Å². The van der Waals surface area contributed by atoms with Gasteiger partial charge < -0.3 is 15.3 Å². The average molecular weight is 367 g/mol. The van der Waals surface area contributed by atoms with Gasteiger partial charge in [0.05, 0.1) is 4.90 Å². The fourth-order valence-corrected chi connectivity index (χ4v) is 5.21. The molecule has 0 aromatic heterocycles. The maximum absolute atomic E-state index is 13.1. The van der Waals surface area contributed by atoms with E-state index in [9.17, 15) is 13.2 Å². The van der Waals surface area contributed by atoms with E-state index >= 15 is 0 Å². The van der Waals surface area contributed by atoms with E-state index in [1.165, 1.54) is 9.21 Å². The number of rotatable bonds is 4. The van der Waals surface area contributed by atoms with Crippen molar-refractivity contribution in [1.29, 1.82) is 0 Å². The summed E-state index contributed by atoms with van der Waals surface area (Å²) in [7, 11) is -1.93. The van der Waals surface area contributed by atoms with E-state index in [4.69, 9.17) is 5.11 Å². The van der Waals surface area contributed by atoms with Gasteiger partial charge in [-0.05, 0) is 55.5 Å². The van der Waals surface area contributed by atoms with Crippen molar-refractivity contribution in [2.45, 2.75) is 30.7 Å². The van der Waals surface area contributed by atoms with E-state index in [0.717, 1.165) is 37.1 Å². The molecule has 1 aromatic rings. The van der Waals surface area contributed by atoms with Gasteiger partial charge in [-0.2, -0.15) is 0 Å². The van der Waals surface area contributed by atoms with Crippen LogP contribution in [-0.2, 0) is 23.0 Å². The summed E-state index contributed by atoms with van der Waals surface area (Å²) in [6.45, 7) is 2.96. The fourth-order valence-electron chi connectivity index (χ4n) is 3.67. The van der Waals surface area contributed by atoms with E-state index in [1.54, 1.807) is 19.2 Å². The van der Waals surface area contributed by atoms with Crippen LogP contribution >= 0.6 is 0 Å². The molecule has 0 atom stereocenters. The molecule has 1 amide bonds. The molecule has 7 nitrogen and oxygen atoms in total. The van der Waals surface area contributed by atoms with Crippen molar-refractivity contribution in [1.82, 2.24) is 14.5 Å². The minimum Gasteiger partial charge on any atom is -0.465 e. The zero-order valence-electron chi connectivity index (χ0n) is 14.4. The number of carboxylic acid groups (broad SMARTS) is 1. The van der Waals surface area contributed by atoms with Crippen LogP contribution in [0.3, 0.4) is 0 Å². The maximum Gasteiger partial charge on any atom is 0.407 e. The summed E-state index contributed by atoms with van der Waals surface area (Å²) in [5, 5.41) is 12.4. The summed E-state index contributed by atoms with van der Waals surface area (Å²) < 4.78 is 27.6. The first-order valence-electron chi connectivity index (χ1n) is 8.65. The third-order valence-electron chi connectivity index (χ3n) is 5.16. The van der Waals surface area contributed by atoms with Gasteiger partial charge in [0.2, 0.25) is 10.0 Å². The number of benzene rings is 1. The zero-order chi connectivity index (χ0) is 18.0. The highest BCUT2D eigenvalue weighted by Crippen LogP contribution is 2.28. The Kier molecular flexibility index (Phi) is 5.31. The fraction of sp³-hybridized carbons (Fsp3) is 0.588. The lowest BCUT2D eigenvalue weighted by Crippen LogP contribution is -2.38. The second kappa shape index (κ2) is 7.31. The minimum atomic E-state index is -3.57. The monoisotopic (exact) mass is 367 g/mol. The van der Waals surface area contributed by atoms with Crippen LogP contribution in [0.4, 0.5) is 4.79 Å². The Bertz CT molecular complexity index is 744. The molecule has 138 valence electrons. The third-order valence-corrected chi connectivity index (χ3v) is 7.06. The molecule has 25 heavy (non-hydrogen) atoms. The van der Waals surface area contributed by atoms with Crippen LogP contribution in [-0.4, -0.2) is 62.0 Å². The molecule has 0 aliphatic carbocycles. The highest BCUT2D eigenvalue weighted by molar-refractivity contribution is 7.89. The molecule has 8 heteroatoms. The molecular weight excluding hydrogens is 342 g/mol. The SMILES string of the molecule is CN(CC1CCNCC1)S(=O)(=O)c1cccc2c1CCN(C(=O)O)C2. The molecular formula is C17H25N3O4S. The second-order valence-corrected chi connectivity index (χ2v) is 8.84. The van der Waals surface area contributed by atoms with Gasteiger partial charge in [0.25, 0.3) is 0 Å². The van der Waals surface area contributed by atoms with Crippen molar-refractivity contribution in [2.24, 2.45) is 5.92 Å². The van der Waals surface area contributed by atoms with Crippen molar-refractivity contribution in [2.75, 3.05) is 33.2 Å². The van der Waals surface area contributed by atoms with Crippen molar-refractivity contribution in [3.63, 3.8) is 0 Å². The first kappa shape index (κ1) is 18.2. The molecule has 0 radical (unpaired) electrons. The summed E-state index contributed by atoms with van der Waals surface area (Å²) in [4.78, 5) is 12.8. The van der Waals surface area contributed by atoms with E-state index in [0.29, 0.717) is 30.3 Å². The van der Waals surface area contributed by atoms with Gasteiger partial charge in [-0.25, -0.2) is 17.5 Å². The lowest BCUT2D eigenvalue weighted by molar-refractivity contribution is 0.139. The minimum absolute atomic E-state index is 0.242. The molecule has 0 unspecified atom stereocenters. The Morgan fingerprint density at radius 2 is 2.08 bits per heavy atom. The summed E-state index contributed by atoms with van der Waals surface area (Å²) in [5.41, 5.74) is 1.54. The quantitative estimate of drug-likeness (QED) is 0.838. The molecule has 0 spiro atoms. The van der Waals surface area contributed by atoms with Crippen molar-refractivity contribution >= 4 is 16.1 Å². The highest BCUT2D eigenvalue weighted by Gasteiger charge is 2.30. The number of carbonyl (C=O) groups is 1. The molecule has 2 N–H and O–H groups in total. The number of piperidine rings is 1. The van der Waals surface area contributed by atoms with Gasteiger partial charge in [0.15, 0.2) is 0 Å². The van der Waals surface area contributed by atoms with Crippen molar-refractivity contribution in [3.05, 3.63) is 29.3 Å². The van der Waals surface area contributed by atoms with Crippen LogP contribution in [0.25, 0.3) is 0 Å². The number of nitrogens with one attached hydrogen (secondary N) is 1. The van der Waals surface area contributed by atoms with Crippen LogP contribution in [0.1, 0.15) is 24.0 Å². The standard InChI is InChI=1S/C17H25N3O4S/c1-19(11-13-5-8-18-9-6-13)25(23,24)16-4-2-3-14-12-20(17(21)22)10-7-15(14)16/h2-4,13,18H,5-12H2,1H3,(H,21,22). The number of nitrogens with zero attached hydrogens (tertiary/aromatic N) is 2. The first-order valence-corrected chi connectivity index (χ1v) is 10.1. The average Bonchev–Trinajstić information content (AvgIpc) is 2.61. The topological polar surface area (TPSA) is 90.0 Å². The van der Waals surface area contributed by atoms with Gasteiger partial charge in [-0.1, -0.05) is 12.1 Å². The molecule has 1 saturated heterocycles. The van der Waals surface area contributed by atoms with Crippen LogP contribution in [0.5, 0.6) is 0 Å². The molecule has 2 aliphatic heterocycles. The lowest BCUT2D eigenvalue weighted by Gasteiger charge is -2.30. The molecule has 1 aromatic carbocycles. The Balaban J connectivity index is 1.83. The predicted octanol–water partition coefficient (Wildman–Crippen LogP) is 1.34. The van der Waals surface area contributed by atoms with Crippen molar-refractivity contribution in [3.8, 4) is 0 Å². The number of sulfonamides is 1. The van der Waals surface area contributed by atoms with E-state index < -0.39 is 16.1 Å². The smallest absolute Gasteiger partial charge is 0.407 e. The van der Waals surface area contributed by atoms with Gasteiger partial charge in [-0.15, -0.1) is 0 Å². The van der Waals surface area contributed by atoms with Crippen LogP contribution in [0, 0.1) is 5.92 Å². The summed E-state index contributed by atoms with van der Waals surface area (Å²) >= 11 is 0. The van der Waals surface area contributed by atoms with E-state index in [1.807, 2.05) is 6.07 Å². The summed E-state index contributed by atoms with van der Waals surface area (Å²) in [5.74, 6) is 0.378. The Hall–Kier alpha value is -1.64. The summed E-state index contributed by atoms with van der Waals surface area (Å²) in [6, 6.07) is 5.16. The Morgan fingerprint density at radius 3 is 2.76 bits per heavy atom. The normalized spacial score (nSPS) is 19.0. The molecule has 0 bridgehead atoms. The number of amides is 1. The van der Waals surface area contributed by atoms with E-state index in [2.05, 4.69) is 5.32 Å². The molecule has 0 saturated carbocycles. The molecule has 2 heterocycles. The van der Waals surface area contributed by atoms with Gasteiger partial charge in [0, 0.05) is 26.7 Å². The van der Waals surface area contributed by atoms with Crippen molar-refractivity contribution < 1.29 is 18.3 Å². The van der Waals surface area contributed by atoms with Crippen LogP contribution in [0.2, 0.25) is 0 Å².